The van der Waals surface area contributed by atoms with E-state index in [-0.39, 0.29) is 11.8 Å². The predicted molar refractivity (Wildman–Crippen MR) is 95.9 cm³/mol. The molecule has 3 aliphatic heterocycles. The Hall–Kier alpha value is -1.14. The van der Waals surface area contributed by atoms with Gasteiger partial charge in [0, 0.05) is 32.1 Å². The number of likely N-dealkylation sites (tertiary alicyclic amines) is 2. The molecule has 2 N–H and O–H groups in total. The maximum atomic E-state index is 12.8. The van der Waals surface area contributed by atoms with Crippen molar-refractivity contribution in [2.45, 2.75) is 64.5 Å². The van der Waals surface area contributed by atoms with Crippen LogP contribution >= 0.6 is 0 Å². The van der Waals surface area contributed by atoms with Crippen molar-refractivity contribution in [1.29, 1.82) is 0 Å². The molecule has 3 heterocycles. The summed E-state index contributed by atoms with van der Waals surface area (Å²) in [5.41, 5.74) is -0.785. The lowest BCUT2D eigenvalue weighted by Crippen LogP contribution is -2.62. The van der Waals surface area contributed by atoms with Crippen LogP contribution in [-0.4, -0.2) is 71.6 Å². The van der Waals surface area contributed by atoms with Gasteiger partial charge in [-0.1, -0.05) is 0 Å². The summed E-state index contributed by atoms with van der Waals surface area (Å²) in [5, 5.41) is 13.3. The van der Waals surface area contributed by atoms with Gasteiger partial charge in [-0.3, -0.25) is 9.59 Å². The Morgan fingerprint density at radius 3 is 2.64 bits per heavy atom. The highest BCUT2D eigenvalue weighted by molar-refractivity contribution is 5.86. The first-order valence-electron chi connectivity index (χ1n) is 9.90. The van der Waals surface area contributed by atoms with Crippen molar-refractivity contribution < 1.29 is 14.7 Å². The van der Waals surface area contributed by atoms with Crippen molar-refractivity contribution in [1.82, 2.24) is 15.1 Å². The van der Waals surface area contributed by atoms with Gasteiger partial charge in [0.2, 0.25) is 11.8 Å². The third-order valence-corrected chi connectivity index (χ3v) is 6.52. The summed E-state index contributed by atoms with van der Waals surface area (Å²) in [5.74, 6) is 0.534. The summed E-state index contributed by atoms with van der Waals surface area (Å²) in [7, 11) is 0. The molecule has 3 saturated heterocycles. The zero-order valence-corrected chi connectivity index (χ0v) is 15.7. The van der Waals surface area contributed by atoms with E-state index in [1.807, 2.05) is 4.90 Å². The number of nitrogens with one attached hydrogen (secondary N) is 1. The molecule has 3 rings (SSSR count). The molecule has 0 saturated carbocycles. The molecule has 6 nitrogen and oxygen atoms in total. The Morgan fingerprint density at radius 2 is 2.00 bits per heavy atom. The van der Waals surface area contributed by atoms with E-state index in [9.17, 15) is 14.7 Å². The van der Waals surface area contributed by atoms with Gasteiger partial charge in [0.1, 0.15) is 0 Å². The van der Waals surface area contributed by atoms with Gasteiger partial charge in [-0.2, -0.15) is 0 Å². The molecule has 0 aliphatic carbocycles. The first-order valence-corrected chi connectivity index (χ1v) is 9.90. The summed E-state index contributed by atoms with van der Waals surface area (Å²) < 4.78 is 0. The smallest absolute Gasteiger partial charge is 0.230 e. The fraction of sp³-hybridized carbons (Fsp3) is 0.895. The van der Waals surface area contributed by atoms with Crippen LogP contribution in [0.15, 0.2) is 0 Å². The number of rotatable bonds is 3. The Morgan fingerprint density at radius 1 is 1.28 bits per heavy atom. The molecule has 0 radical (unpaired) electrons. The quantitative estimate of drug-likeness (QED) is 0.795. The Labute approximate surface area is 150 Å². The molecule has 0 bridgehead atoms. The number of nitrogens with zero attached hydrogens (tertiary/aromatic N) is 2. The van der Waals surface area contributed by atoms with Crippen molar-refractivity contribution in [3.05, 3.63) is 0 Å². The molecule has 3 fully saturated rings. The van der Waals surface area contributed by atoms with Crippen molar-refractivity contribution in [2.75, 3.05) is 32.7 Å². The lowest BCUT2D eigenvalue weighted by molar-refractivity contribution is -0.155. The standard InChI is InChI=1S/C19H33N3O3/c1-14(2)21-9-4-15(5-10-21)12-17(24)22-11-6-16(23)19(13-22)7-3-8-20-18(19)25/h14-16,23H,3-13H2,1-2H3,(H,20,25)/t16-,19+/m0/s1. The maximum Gasteiger partial charge on any atom is 0.230 e. The van der Waals surface area contributed by atoms with E-state index in [0.717, 1.165) is 32.4 Å². The van der Waals surface area contributed by atoms with Crippen molar-refractivity contribution in [3.8, 4) is 0 Å². The normalized spacial score (nSPS) is 32.2. The molecule has 0 aromatic rings. The summed E-state index contributed by atoms with van der Waals surface area (Å²) >= 11 is 0. The first-order chi connectivity index (χ1) is 11.9. The van der Waals surface area contributed by atoms with Gasteiger partial charge in [-0.05, 0) is 65.0 Å². The fourth-order valence-electron chi connectivity index (χ4n) is 4.71. The van der Waals surface area contributed by atoms with E-state index in [1.54, 1.807) is 0 Å². The molecule has 0 unspecified atom stereocenters. The van der Waals surface area contributed by atoms with Crippen molar-refractivity contribution in [2.24, 2.45) is 11.3 Å². The number of aliphatic hydroxyl groups is 1. The van der Waals surface area contributed by atoms with Crippen LogP contribution in [0.25, 0.3) is 0 Å². The van der Waals surface area contributed by atoms with E-state index in [2.05, 4.69) is 24.1 Å². The van der Waals surface area contributed by atoms with Gasteiger partial charge in [-0.25, -0.2) is 0 Å². The number of piperidine rings is 3. The van der Waals surface area contributed by atoms with E-state index in [0.29, 0.717) is 50.9 Å². The minimum absolute atomic E-state index is 0.0750. The molecule has 142 valence electrons. The lowest BCUT2D eigenvalue weighted by atomic mass is 9.71. The molecule has 6 heteroatoms. The third kappa shape index (κ3) is 3.85. The van der Waals surface area contributed by atoms with Crippen LogP contribution in [0.3, 0.4) is 0 Å². The average molecular weight is 351 g/mol. The summed E-state index contributed by atoms with van der Waals surface area (Å²) in [6.45, 7) is 8.21. The van der Waals surface area contributed by atoms with E-state index >= 15 is 0 Å². The molecular formula is C19H33N3O3. The minimum Gasteiger partial charge on any atom is -0.392 e. The zero-order chi connectivity index (χ0) is 18.0. The molecule has 25 heavy (non-hydrogen) atoms. The first kappa shape index (κ1) is 18.6. The van der Waals surface area contributed by atoms with Crippen LogP contribution in [0, 0.1) is 11.3 Å². The van der Waals surface area contributed by atoms with Crippen LogP contribution in [-0.2, 0) is 9.59 Å². The molecule has 3 aliphatic rings. The second kappa shape index (κ2) is 7.62. The predicted octanol–water partition coefficient (Wildman–Crippen LogP) is 0.987. The number of aliphatic hydroxyl groups excluding tert-OH is 1. The summed E-state index contributed by atoms with van der Waals surface area (Å²) in [6.07, 6.45) is 4.16. The van der Waals surface area contributed by atoms with E-state index in [1.165, 1.54) is 0 Å². The zero-order valence-electron chi connectivity index (χ0n) is 15.7. The minimum atomic E-state index is -0.785. The van der Waals surface area contributed by atoms with Crippen LogP contribution in [0.4, 0.5) is 0 Å². The second-order valence-corrected chi connectivity index (χ2v) is 8.41. The van der Waals surface area contributed by atoms with Gasteiger partial charge in [0.05, 0.1) is 11.5 Å². The Kier molecular flexibility index (Phi) is 5.68. The molecule has 2 atom stereocenters. The van der Waals surface area contributed by atoms with Crippen LogP contribution < -0.4 is 5.32 Å². The number of carbonyl (C=O) groups excluding carboxylic acids is 2. The maximum absolute atomic E-state index is 12.8. The van der Waals surface area contributed by atoms with E-state index < -0.39 is 11.5 Å². The largest absolute Gasteiger partial charge is 0.392 e. The lowest BCUT2D eigenvalue weighted by Gasteiger charge is -2.47. The number of amides is 2. The number of hydrogen-bond acceptors (Lipinski definition) is 4. The Balaban J connectivity index is 1.57. The molecule has 0 aromatic heterocycles. The van der Waals surface area contributed by atoms with Gasteiger partial charge in [0.25, 0.3) is 0 Å². The summed E-state index contributed by atoms with van der Waals surface area (Å²) in [4.78, 5) is 29.6. The number of carbonyl (C=O) groups is 2. The highest BCUT2D eigenvalue weighted by atomic mass is 16.3. The second-order valence-electron chi connectivity index (χ2n) is 8.41. The van der Waals surface area contributed by atoms with Crippen molar-refractivity contribution in [3.63, 3.8) is 0 Å². The topological polar surface area (TPSA) is 72.9 Å². The van der Waals surface area contributed by atoms with Gasteiger partial charge in [0.15, 0.2) is 0 Å². The van der Waals surface area contributed by atoms with Crippen molar-refractivity contribution >= 4 is 11.8 Å². The molecular weight excluding hydrogens is 318 g/mol. The van der Waals surface area contributed by atoms with Gasteiger partial charge >= 0.3 is 0 Å². The highest BCUT2D eigenvalue weighted by Gasteiger charge is 2.50. The molecule has 1 spiro atoms. The fourth-order valence-corrected chi connectivity index (χ4v) is 4.71. The number of hydrogen-bond donors (Lipinski definition) is 2. The molecule has 0 aromatic carbocycles. The van der Waals surface area contributed by atoms with Crippen LogP contribution in [0.1, 0.15) is 52.4 Å². The van der Waals surface area contributed by atoms with E-state index in [4.69, 9.17) is 0 Å². The Bertz CT molecular complexity index is 502. The molecule has 2 amide bonds. The monoisotopic (exact) mass is 351 g/mol. The van der Waals surface area contributed by atoms with Gasteiger partial charge in [-0.15, -0.1) is 0 Å². The highest BCUT2D eigenvalue weighted by Crippen LogP contribution is 2.37. The SMILES string of the molecule is CC(C)N1CCC(CC(=O)N2CC[C@H](O)[C@@]3(CCCNC3=O)C2)CC1. The average Bonchev–Trinajstić information content (AvgIpc) is 2.60. The third-order valence-electron chi connectivity index (χ3n) is 6.52. The van der Waals surface area contributed by atoms with Crippen LogP contribution in [0.5, 0.6) is 0 Å². The van der Waals surface area contributed by atoms with Crippen LogP contribution in [0.2, 0.25) is 0 Å². The summed E-state index contributed by atoms with van der Waals surface area (Å²) in [6, 6.07) is 0.574. The van der Waals surface area contributed by atoms with Gasteiger partial charge < -0.3 is 20.2 Å².